The molecule has 2 rings (SSSR count). The van der Waals surface area contributed by atoms with Gasteiger partial charge in [-0.05, 0) is 51.7 Å². The van der Waals surface area contributed by atoms with Crippen molar-refractivity contribution in [1.82, 2.24) is 10.2 Å². The fourth-order valence-electron chi connectivity index (χ4n) is 3.08. The molecule has 0 bridgehead atoms. The van der Waals surface area contributed by atoms with E-state index in [2.05, 4.69) is 17.1 Å². The van der Waals surface area contributed by atoms with E-state index < -0.39 is 0 Å². The SMILES string of the molecule is CCCN1CCCCC1C1CCCN1. The van der Waals surface area contributed by atoms with Crippen LogP contribution in [0.4, 0.5) is 0 Å². The molecule has 0 aliphatic carbocycles. The minimum Gasteiger partial charge on any atom is -0.312 e. The van der Waals surface area contributed by atoms with E-state index in [4.69, 9.17) is 0 Å². The average molecular weight is 196 g/mol. The summed E-state index contributed by atoms with van der Waals surface area (Å²) in [4.78, 5) is 2.73. The molecule has 0 radical (unpaired) electrons. The number of nitrogens with one attached hydrogen (secondary N) is 1. The van der Waals surface area contributed by atoms with Crippen molar-refractivity contribution in [2.45, 2.75) is 57.5 Å². The van der Waals surface area contributed by atoms with E-state index in [1.54, 1.807) is 0 Å². The van der Waals surface area contributed by atoms with Crippen molar-refractivity contribution in [2.24, 2.45) is 0 Å². The van der Waals surface area contributed by atoms with Crippen LogP contribution in [0.5, 0.6) is 0 Å². The Labute approximate surface area is 88.1 Å². The highest BCUT2D eigenvalue weighted by Gasteiger charge is 2.30. The van der Waals surface area contributed by atoms with Crippen LogP contribution in [0.25, 0.3) is 0 Å². The molecule has 0 saturated carbocycles. The molecule has 2 saturated heterocycles. The molecule has 0 spiro atoms. The third-order valence-corrected chi connectivity index (χ3v) is 3.74. The highest BCUT2D eigenvalue weighted by Crippen LogP contribution is 2.24. The van der Waals surface area contributed by atoms with Gasteiger partial charge in [-0.2, -0.15) is 0 Å². The van der Waals surface area contributed by atoms with Gasteiger partial charge in [0.05, 0.1) is 0 Å². The van der Waals surface area contributed by atoms with Crippen molar-refractivity contribution in [3.63, 3.8) is 0 Å². The lowest BCUT2D eigenvalue weighted by atomic mass is 9.94. The third-order valence-electron chi connectivity index (χ3n) is 3.74. The quantitative estimate of drug-likeness (QED) is 0.743. The van der Waals surface area contributed by atoms with E-state index in [-0.39, 0.29) is 0 Å². The normalized spacial score (nSPS) is 34.9. The van der Waals surface area contributed by atoms with Crippen LogP contribution in [0, 0.1) is 0 Å². The fourth-order valence-corrected chi connectivity index (χ4v) is 3.08. The number of hydrogen-bond donors (Lipinski definition) is 1. The topological polar surface area (TPSA) is 15.3 Å². The van der Waals surface area contributed by atoms with Crippen LogP contribution in [-0.2, 0) is 0 Å². The average Bonchev–Trinajstić information content (AvgIpc) is 2.72. The largest absolute Gasteiger partial charge is 0.312 e. The molecule has 0 aromatic carbocycles. The van der Waals surface area contributed by atoms with E-state index in [9.17, 15) is 0 Å². The van der Waals surface area contributed by atoms with E-state index in [0.717, 1.165) is 12.1 Å². The molecule has 2 heterocycles. The molecule has 2 unspecified atom stereocenters. The molecule has 1 N–H and O–H groups in total. The maximum atomic E-state index is 3.67. The molecular formula is C12H24N2. The lowest BCUT2D eigenvalue weighted by molar-refractivity contribution is 0.120. The molecule has 2 aliphatic heterocycles. The zero-order valence-corrected chi connectivity index (χ0v) is 9.47. The minimum absolute atomic E-state index is 0.807. The Morgan fingerprint density at radius 2 is 2.14 bits per heavy atom. The smallest absolute Gasteiger partial charge is 0.0249 e. The number of hydrogen-bond acceptors (Lipinski definition) is 2. The molecule has 2 heteroatoms. The van der Waals surface area contributed by atoms with E-state index in [1.807, 2.05) is 0 Å². The van der Waals surface area contributed by atoms with Gasteiger partial charge < -0.3 is 5.32 Å². The number of nitrogens with zero attached hydrogens (tertiary/aromatic N) is 1. The van der Waals surface area contributed by atoms with Crippen molar-refractivity contribution in [3.05, 3.63) is 0 Å². The standard InChI is InChI=1S/C12H24N2/c1-2-9-14-10-4-3-7-12(14)11-6-5-8-13-11/h11-13H,2-10H2,1H3. The first kappa shape index (κ1) is 10.4. The van der Waals surface area contributed by atoms with E-state index in [1.165, 1.54) is 58.2 Å². The van der Waals surface area contributed by atoms with Gasteiger partial charge >= 0.3 is 0 Å². The lowest BCUT2D eigenvalue weighted by Crippen LogP contribution is -2.50. The van der Waals surface area contributed by atoms with Gasteiger partial charge in [-0.15, -0.1) is 0 Å². The Morgan fingerprint density at radius 1 is 1.21 bits per heavy atom. The summed E-state index contributed by atoms with van der Waals surface area (Å²) >= 11 is 0. The van der Waals surface area contributed by atoms with Crippen molar-refractivity contribution in [3.8, 4) is 0 Å². The molecule has 0 amide bonds. The van der Waals surface area contributed by atoms with Crippen molar-refractivity contribution >= 4 is 0 Å². The number of likely N-dealkylation sites (tertiary alicyclic amines) is 1. The Morgan fingerprint density at radius 3 is 2.86 bits per heavy atom. The Hall–Kier alpha value is -0.0800. The van der Waals surface area contributed by atoms with Crippen LogP contribution in [0.3, 0.4) is 0 Å². The summed E-state index contributed by atoms with van der Waals surface area (Å²) in [5.41, 5.74) is 0. The first-order valence-corrected chi connectivity index (χ1v) is 6.39. The van der Waals surface area contributed by atoms with Crippen LogP contribution in [0.1, 0.15) is 45.4 Å². The predicted octanol–water partition coefficient (Wildman–Crippen LogP) is 2.00. The first-order chi connectivity index (χ1) is 6.92. The van der Waals surface area contributed by atoms with Gasteiger partial charge in [0.2, 0.25) is 0 Å². The molecule has 2 aliphatic rings. The summed E-state index contributed by atoms with van der Waals surface area (Å²) in [7, 11) is 0. The lowest BCUT2D eigenvalue weighted by Gasteiger charge is -2.39. The molecule has 2 atom stereocenters. The van der Waals surface area contributed by atoms with Gasteiger partial charge in [-0.1, -0.05) is 13.3 Å². The number of rotatable bonds is 3. The maximum Gasteiger partial charge on any atom is 0.0249 e. The Balaban J connectivity index is 1.91. The van der Waals surface area contributed by atoms with Gasteiger partial charge in [0.25, 0.3) is 0 Å². The monoisotopic (exact) mass is 196 g/mol. The third kappa shape index (κ3) is 2.29. The summed E-state index contributed by atoms with van der Waals surface area (Å²) in [6, 6.07) is 1.66. The molecule has 0 aromatic heterocycles. The maximum absolute atomic E-state index is 3.67. The van der Waals surface area contributed by atoms with Crippen LogP contribution < -0.4 is 5.32 Å². The Bertz CT molecular complexity index is 162. The van der Waals surface area contributed by atoms with E-state index >= 15 is 0 Å². The molecular weight excluding hydrogens is 172 g/mol. The Kier molecular flexibility index (Phi) is 3.82. The van der Waals surface area contributed by atoms with Crippen molar-refractivity contribution in [2.75, 3.05) is 19.6 Å². The zero-order valence-electron chi connectivity index (χ0n) is 9.47. The van der Waals surface area contributed by atoms with Crippen LogP contribution in [0.2, 0.25) is 0 Å². The molecule has 82 valence electrons. The second kappa shape index (κ2) is 5.13. The summed E-state index contributed by atoms with van der Waals surface area (Å²) in [5, 5.41) is 3.67. The summed E-state index contributed by atoms with van der Waals surface area (Å²) < 4.78 is 0. The minimum atomic E-state index is 0.807. The first-order valence-electron chi connectivity index (χ1n) is 6.39. The van der Waals surface area contributed by atoms with Crippen LogP contribution in [-0.4, -0.2) is 36.6 Å². The van der Waals surface area contributed by atoms with Gasteiger partial charge in [0.1, 0.15) is 0 Å². The van der Waals surface area contributed by atoms with Crippen molar-refractivity contribution in [1.29, 1.82) is 0 Å². The van der Waals surface area contributed by atoms with Gasteiger partial charge in [-0.25, -0.2) is 0 Å². The van der Waals surface area contributed by atoms with Crippen LogP contribution >= 0.6 is 0 Å². The highest BCUT2D eigenvalue weighted by atomic mass is 15.2. The zero-order chi connectivity index (χ0) is 9.80. The van der Waals surface area contributed by atoms with Gasteiger partial charge in [0, 0.05) is 12.1 Å². The van der Waals surface area contributed by atoms with Gasteiger partial charge in [0.15, 0.2) is 0 Å². The van der Waals surface area contributed by atoms with E-state index in [0.29, 0.717) is 0 Å². The molecule has 14 heavy (non-hydrogen) atoms. The summed E-state index contributed by atoms with van der Waals surface area (Å²) in [6.07, 6.45) is 8.40. The van der Waals surface area contributed by atoms with Crippen LogP contribution in [0.15, 0.2) is 0 Å². The predicted molar refractivity (Wildman–Crippen MR) is 60.5 cm³/mol. The van der Waals surface area contributed by atoms with Crippen molar-refractivity contribution < 1.29 is 0 Å². The fraction of sp³-hybridized carbons (Fsp3) is 1.00. The molecule has 0 aromatic rings. The summed E-state index contributed by atoms with van der Waals surface area (Å²) in [5.74, 6) is 0. The summed E-state index contributed by atoms with van der Waals surface area (Å²) in [6.45, 7) is 6.20. The second-order valence-corrected chi connectivity index (χ2v) is 4.80. The number of piperidine rings is 1. The molecule has 2 fully saturated rings. The second-order valence-electron chi connectivity index (χ2n) is 4.80. The molecule has 2 nitrogen and oxygen atoms in total. The van der Waals surface area contributed by atoms with Gasteiger partial charge in [-0.3, -0.25) is 4.90 Å². The highest BCUT2D eigenvalue weighted by molar-refractivity contribution is 4.90.